The zero-order chi connectivity index (χ0) is 12.9. The van der Waals surface area contributed by atoms with Crippen LogP contribution in [0.1, 0.15) is 5.56 Å². The van der Waals surface area contributed by atoms with Gasteiger partial charge in [0.25, 0.3) is 0 Å². The number of Topliss-reactive ketones (excluding diaryl/α,β-unsaturated/α-hetero) is 1. The van der Waals surface area contributed by atoms with Crippen LogP contribution in [-0.4, -0.2) is 23.2 Å². The van der Waals surface area contributed by atoms with E-state index in [9.17, 15) is 18.1 Å². The van der Waals surface area contributed by atoms with Gasteiger partial charge < -0.3 is 0 Å². The first-order chi connectivity index (χ1) is 7.92. The first-order valence-corrected chi connectivity index (χ1v) is 5.79. The van der Waals surface area contributed by atoms with Crippen LogP contribution >= 0.6 is 8.25 Å². The Bertz CT molecular complexity index is 408. The molecule has 1 atom stereocenters. The Kier molecular flexibility index (Phi) is 4.81. The van der Waals surface area contributed by atoms with Crippen LogP contribution in [0.25, 0.3) is 0 Å². The summed E-state index contributed by atoms with van der Waals surface area (Å²) < 4.78 is 40.8. The minimum atomic E-state index is -3.60. The average Bonchev–Trinajstić information content (AvgIpc) is 2.26. The molecule has 4 nitrogen and oxygen atoms in total. The average molecular weight is 263 g/mol. The van der Waals surface area contributed by atoms with Crippen LogP contribution in [0.2, 0.25) is 0 Å². The molecular weight excluding hydrogens is 253 g/mol. The molecule has 1 unspecified atom stereocenters. The van der Waals surface area contributed by atoms with Gasteiger partial charge in [0.1, 0.15) is 0 Å². The summed E-state index contributed by atoms with van der Waals surface area (Å²) >= 11 is 0. The van der Waals surface area contributed by atoms with Crippen molar-refractivity contribution in [2.75, 3.05) is 6.61 Å². The maximum absolute atomic E-state index is 13.3. The van der Waals surface area contributed by atoms with Crippen molar-refractivity contribution in [3.8, 4) is 0 Å². The van der Waals surface area contributed by atoms with E-state index in [-0.39, 0.29) is 0 Å². The van der Waals surface area contributed by atoms with Crippen LogP contribution in [0, 0.1) is 0 Å². The first kappa shape index (κ1) is 13.8. The molecule has 0 aromatic heterocycles. The molecule has 1 rings (SSSR count). The summed E-state index contributed by atoms with van der Waals surface area (Å²) in [6.07, 6.45) is -0.752. The van der Waals surface area contributed by atoms with Crippen molar-refractivity contribution in [3.63, 3.8) is 0 Å². The van der Waals surface area contributed by atoms with Crippen molar-refractivity contribution in [1.29, 1.82) is 0 Å². The van der Waals surface area contributed by atoms with Gasteiger partial charge >= 0.3 is 14.2 Å². The van der Waals surface area contributed by atoms with E-state index in [2.05, 4.69) is 4.52 Å². The Labute approximate surface area is 97.2 Å². The lowest BCUT2D eigenvalue weighted by atomic mass is 10.0. The third-order valence-corrected chi connectivity index (χ3v) is 2.33. The van der Waals surface area contributed by atoms with Gasteiger partial charge in [-0.15, -0.1) is 9.42 Å². The van der Waals surface area contributed by atoms with Crippen LogP contribution in [0.3, 0.4) is 0 Å². The number of rotatable bonds is 6. The highest BCUT2D eigenvalue weighted by molar-refractivity contribution is 7.32. The largest absolute Gasteiger partial charge is 0.695 e. The van der Waals surface area contributed by atoms with E-state index in [0.717, 1.165) is 0 Å². The summed E-state index contributed by atoms with van der Waals surface area (Å²) in [6, 6.07) is 7.76. The van der Waals surface area contributed by atoms with Crippen molar-refractivity contribution in [2.24, 2.45) is 0 Å². The third kappa shape index (κ3) is 4.65. The molecule has 0 aliphatic heterocycles. The number of carbonyl (C=O) groups is 1. The van der Waals surface area contributed by atoms with Gasteiger partial charge in [-0.1, -0.05) is 30.3 Å². The number of hydrogen-bond acceptors (Lipinski definition) is 3. The van der Waals surface area contributed by atoms with Crippen LogP contribution in [0.4, 0.5) is 8.78 Å². The quantitative estimate of drug-likeness (QED) is 0.798. The highest BCUT2D eigenvalue weighted by Crippen LogP contribution is 2.23. The van der Waals surface area contributed by atoms with Crippen molar-refractivity contribution in [2.45, 2.75) is 12.3 Å². The molecule has 0 bridgehead atoms. The summed E-state index contributed by atoms with van der Waals surface area (Å²) in [7, 11) is -3.04. The molecule has 1 aromatic rings. The van der Waals surface area contributed by atoms with Crippen molar-refractivity contribution < 1.29 is 27.6 Å². The van der Waals surface area contributed by atoms with Gasteiger partial charge in [-0.05, 0) is 5.56 Å². The van der Waals surface area contributed by atoms with Gasteiger partial charge in [-0.25, -0.2) is 0 Å². The van der Waals surface area contributed by atoms with Crippen LogP contribution < -0.4 is 0 Å². The maximum Gasteiger partial charge on any atom is 0.695 e. The van der Waals surface area contributed by atoms with Gasteiger partial charge in [0.05, 0.1) is 0 Å². The van der Waals surface area contributed by atoms with E-state index in [4.69, 9.17) is 4.89 Å². The SMILES string of the molecule is O=C(CO[P+](=O)O)C(F)(F)Cc1ccccc1. The number of carbonyl (C=O) groups excluding carboxylic acids is 1. The first-order valence-electron chi connectivity index (χ1n) is 4.66. The summed E-state index contributed by atoms with van der Waals surface area (Å²) in [5.74, 6) is -5.12. The van der Waals surface area contributed by atoms with E-state index in [1.807, 2.05) is 0 Å². The highest BCUT2D eigenvalue weighted by atomic mass is 31.1. The van der Waals surface area contributed by atoms with Gasteiger partial charge in [-0.2, -0.15) is 8.78 Å². The minimum Gasteiger partial charge on any atom is -0.290 e. The van der Waals surface area contributed by atoms with Crippen LogP contribution in [0.5, 0.6) is 0 Å². The summed E-state index contributed by atoms with van der Waals surface area (Å²) in [6.45, 7) is -1.08. The molecule has 17 heavy (non-hydrogen) atoms. The second kappa shape index (κ2) is 5.91. The summed E-state index contributed by atoms with van der Waals surface area (Å²) in [4.78, 5) is 19.3. The molecule has 1 N–H and O–H groups in total. The second-order valence-electron chi connectivity index (χ2n) is 3.30. The van der Waals surface area contributed by atoms with Gasteiger partial charge in [0, 0.05) is 11.0 Å². The van der Waals surface area contributed by atoms with Crippen LogP contribution in [-0.2, 0) is 20.3 Å². The van der Waals surface area contributed by atoms with E-state index in [1.54, 1.807) is 18.2 Å². The Balaban J connectivity index is 2.61. The predicted molar refractivity (Wildman–Crippen MR) is 55.9 cm³/mol. The molecule has 0 saturated heterocycles. The fourth-order valence-electron chi connectivity index (χ4n) is 1.17. The molecule has 0 amide bonds. The Morgan fingerprint density at radius 3 is 2.47 bits per heavy atom. The van der Waals surface area contributed by atoms with Crippen LogP contribution in [0.15, 0.2) is 30.3 Å². The van der Waals surface area contributed by atoms with Crippen molar-refractivity contribution >= 4 is 14.0 Å². The van der Waals surface area contributed by atoms with E-state index in [0.29, 0.717) is 5.56 Å². The summed E-state index contributed by atoms with van der Waals surface area (Å²) in [5, 5.41) is 0. The van der Waals surface area contributed by atoms with E-state index in [1.165, 1.54) is 12.1 Å². The lowest BCUT2D eigenvalue weighted by molar-refractivity contribution is -0.145. The highest BCUT2D eigenvalue weighted by Gasteiger charge is 2.40. The molecule has 7 heteroatoms. The minimum absolute atomic E-state index is 0.305. The fraction of sp³-hybridized carbons (Fsp3) is 0.300. The topological polar surface area (TPSA) is 63.6 Å². The number of alkyl halides is 2. The Hall–Kier alpha value is -1.23. The van der Waals surface area contributed by atoms with E-state index >= 15 is 0 Å². The fourth-order valence-corrected chi connectivity index (χ4v) is 1.40. The number of benzene rings is 1. The molecule has 0 spiro atoms. The smallest absolute Gasteiger partial charge is 0.290 e. The Morgan fingerprint density at radius 1 is 1.35 bits per heavy atom. The molecule has 0 radical (unpaired) electrons. The molecule has 1 aromatic carbocycles. The zero-order valence-electron chi connectivity index (χ0n) is 8.68. The predicted octanol–water partition coefficient (Wildman–Crippen LogP) is 2.10. The second-order valence-corrected chi connectivity index (χ2v) is 4.04. The van der Waals surface area contributed by atoms with Gasteiger partial charge in [0.2, 0.25) is 5.78 Å². The molecule has 0 aliphatic carbocycles. The maximum atomic E-state index is 13.3. The van der Waals surface area contributed by atoms with Crippen molar-refractivity contribution in [1.82, 2.24) is 0 Å². The van der Waals surface area contributed by atoms with Gasteiger partial charge in [0.15, 0.2) is 6.61 Å². The molecule has 0 aliphatic rings. The standard InChI is InChI=1S/C10H9F2O4P/c11-10(12,9(13)7-16-17(14)15)6-8-4-2-1-3-5-8/h1-5H,6-7H2/p+1. The number of ketones is 1. The molecular formula is C10H10F2O4P+. The third-order valence-electron chi connectivity index (χ3n) is 1.98. The molecule has 92 valence electrons. The summed E-state index contributed by atoms with van der Waals surface area (Å²) in [5.41, 5.74) is 0.305. The van der Waals surface area contributed by atoms with Gasteiger partial charge in [-0.3, -0.25) is 4.79 Å². The normalized spacial score (nSPS) is 12.3. The number of halogens is 2. The van der Waals surface area contributed by atoms with Crippen molar-refractivity contribution in [3.05, 3.63) is 35.9 Å². The Morgan fingerprint density at radius 2 is 1.94 bits per heavy atom. The van der Waals surface area contributed by atoms with E-state index < -0.39 is 33.0 Å². The lowest BCUT2D eigenvalue weighted by Crippen LogP contribution is -2.33. The molecule has 0 saturated carbocycles. The number of hydrogen-bond donors (Lipinski definition) is 1. The lowest BCUT2D eigenvalue weighted by Gasteiger charge is -2.13. The molecule has 0 heterocycles. The zero-order valence-corrected chi connectivity index (χ0v) is 9.57. The monoisotopic (exact) mass is 263 g/mol. The molecule has 0 fully saturated rings.